The zero-order valence-electron chi connectivity index (χ0n) is 11.3. The third-order valence-electron chi connectivity index (χ3n) is 3.08. The van der Waals surface area contributed by atoms with Gasteiger partial charge in [-0.05, 0) is 26.0 Å². The molecule has 0 saturated heterocycles. The predicted molar refractivity (Wildman–Crippen MR) is 81.7 cm³/mol. The van der Waals surface area contributed by atoms with Crippen molar-refractivity contribution in [3.63, 3.8) is 0 Å². The van der Waals surface area contributed by atoms with Crippen LogP contribution in [0.5, 0.6) is 0 Å². The first kappa shape index (κ1) is 12.8. The van der Waals surface area contributed by atoms with Gasteiger partial charge >= 0.3 is 0 Å². The minimum Gasteiger partial charge on any atom is -0.338 e. The zero-order chi connectivity index (χ0) is 14.4. The maximum absolute atomic E-state index is 5.22. The Morgan fingerprint density at radius 2 is 2.14 bits per heavy atom. The van der Waals surface area contributed by atoms with Crippen LogP contribution in [0.15, 0.2) is 33.9 Å². The van der Waals surface area contributed by atoms with Crippen molar-refractivity contribution in [2.24, 2.45) is 0 Å². The third-order valence-corrected chi connectivity index (χ3v) is 5.13. The van der Waals surface area contributed by atoms with Crippen molar-refractivity contribution in [2.45, 2.75) is 24.3 Å². The summed E-state index contributed by atoms with van der Waals surface area (Å²) in [5.74, 6) is 1.25. The molecule has 0 saturated carbocycles. The van der Waals surface area contributed by atoms with E-state index in [1.165, 1.54) is 4.70 Å². The molecule has 0 radical (unpaired) electrons. The Morgan fingerprint density at radius 1 is 1.29 bits per heavy atom. The summed E-state index contributed by atoms with van der Waals surface area (Å²) in [6.07, 6.45) is 0. The summed E-state index contributed by atoms with van der Waals surface area (Å²) >= 11 is 3.20. The van der Waals surface area contributed by atoms with Crippen LogP contribution < -0.4 is 0 Å². The molecule has 1 unspecified atom stereocenters. The average molecular weight is 317 g/mol. The van der Waals surface area contributed by atoms with Crippen LogP contribution in [0, 0.1) is 6.92 Å². The minimum atomic E-state index is 0.0252. The number of rotatable bonds is 3. The smallest absolute Gasteiger partial charge is 0.239 e. The normalized spacial score (nSPS) is 13.2. The molecule has 0 bridgehead atoms. The Labute approximate surface area is 128 Å². The van der Waals surface area contributed by atoms with Gasteiger partial charge in [0.15, 0.2) is 11.0 Å². The molecule has 4 aromatic rings. The molecule has 0 spiro atoms. The van der Waals surface area contributed by atoms with Crippen LogP contribution in [0.25, 0.3) is 15.2 Å². The van der Waals surface area contributed by atoms with E-state index in [2.05, 4.69) is 36.9 Å². The quantitative estimate of drug-likeness (QED) is 0.539. The van der Waals surface area contributed by atoms with E-state index in [0.717, 1.165) is 15.6 Å². The van der Waals surface area contributed by atoms with E-state index in [1.807, 2.05) is 26.0 Å². The summed E-state index contributed by atoms with van der Waals surface area (Å²) in [5.41, 5.74) is 1.12. The van der Waals surface area contributed by atoms with Gasteiger partial charge in [-0.1, -0.05) is 40.4 Å². The first-order valence-corrected chi connectivity index (χ1v) is 8.11. The number of thiazole rings is 1. The average Bonchev–Trinajstić information content (AvgIpc) is 3.15. The van der Waals surface area contributed by atoms with E-state index in [-0.39, 0.29) is 5.25 Å². The van der Waals surface area contributed by atoms with Crippen LogP contribution in [0.4, 0.5) is 0 Å². The largest absolute Gasteiger partial charge is 0.338 e. The number of aromatic nitrogens is 5. The van der Waals surface area contributed by atoms with E-state index in [4.69, 9.17) is 4.52 Å². The highest BCUT2D eigenvalue weighted by molar-refractivity contribution is 7.99. The lowest BCUT2D eigenvalue weighted by Gasteiger charge is -2.03. The maximum atomic E-state index is 5.22. The van der Waals surface area contributed by atoms with Gasteiger partial charge in [-0.15, -0.1) is 10.2 Å². The molecule has 1 atom stereocenters. The molecule has 3 heterocycles. The highest BCUT2D eigenvalue weighted by Gasteiger charge is 2.19. The molecule has 106 valence electrons. The lowest BCUT2D eigenvalue weighted by molar-refractivity contribution is 0.376. The maximum Gasteiger partial charge on any atom is 0.239 e. The fourth-order valence-corrected chi connectivity index (χ4v) is 4.03. The summed E-state index contributed by atoms with van der Waals surface area (Å²) in [4.78, 5) is 5.16. The second kappa shape index (κ2) is 4.81. The molecule has 1 aromatic carbocycles. The number of aryl methyl sites for hydroxylation is 1. The number of nitrogens with zero attached hydrogens (tertiary/aromatic N) is 5. The molecule has 0 fully saturated rings. The highest BCUT2D eigenvalue weighted by atomic mass is 32.2. The van der Waals surface area contributed by atoms with Gasteiger partial charge < -0.3 is 4.52 Å². The Morgan fingerprint density at radius 3 is 2.95 bits per heavy atom. The van der Waals surface area contributed by atoms with Gasteiger partial charge in [-0.2, -0.15) is 4.98 Å². The van der Waals surface area contributed by atoms with E-state index < -0.39 is 0 Å². The molecule has 0 N–H and O–H groups in total. The second-order valence-corrected chi connectivity index (χ2v) is 6.93. The van der Waals surface area contributed by atoms with Gasteiger partial charge in [-0.3, -0.25) is 4.40 Å². The van der Waals surface area contributed by atoms with E-state index in [9.17, 15) is 0 Å². The fraction of sp³-hybridized carbons (Fsp3) is 0.231. The molecule has 8 heteroatoms. The Bertz CT molecular complexity index is 925. The highest BCUT2D eigenvalue weighted by Crippen LogP contribution is 2.36. The number of para-hydroxylation sites is 1. The number of thioether (sulfide) groups is 1. The standard InChI is InChI=1S/C13H11N5OS2/c1-7(11-14-8(2)17-19-11)20-12-15-16-13-18(12)9-5-3-4-6-10(9)21-13/h3-7H,1-2H3. The first-order valence-electron chi connectivity index (χ1n) is 6.42. The summed E-state index contributed by atoms with van der Waals surface area (Å²) in [7, 11) is 0. The van der Waals surface area contributed by atoms with Crippen LogP contribution in [-0.4, -0.2) is 24.7 Å². The van der Waals surface area contributed by atoms with Gasteiger partial charge in [0, 0.05) is 0 Å². The molecule has 4 rings (SSSR count). The number of hydrogen-bond acceptors (Lipinski definition) is 7. The first-order chi connectivity index (χ1) is 10.2. The second-order valence-electron chi connectivity index (χ2n) is 4.61. The molecular formula is C13H11N5OS2. The Balaban J connectivity index is 1.76. The van der Waals surface area contributed by atoms with Crippen molar-refractivity contribution in [1.82, 2.24) is 24.7 Å². The van der Waals surface area contributed by atoms with Crippen LogP contribution in [-0.2, 0) is 0 Å². The molecule has 3 aromatic heterocycles. The molecule has 0 amide bonds. The zero-order valence-corrected chi connectivity index (χ0v) is 13.0. The predicted octanol–water partition coefficient (Wildman–Crippen LogP) is 3.49. The minimum absolute atomic E-state index is 0.0252. The number of benzene rings is 1. The van der Waals surface area contributed by atoms with Crippen LogP contribution in [0.1, 0.15) is 23.9 Å². The van der Waals surface area contributed by atoms with Gasteiger partial charge in [0.2, 0.25) is 10.9 Å². The van der Waals surface area contributed by atoms with E-state index in [1.54, 1.807) is 23.1 Å². The van der Waals surface area contributed by atoms with E-state index >= 15 is 0 Å². The van der Waals surface area contributed by atoms with Crippen molar-refractivity contribution in [3.8, 4) is 0 Å². The molecular weight excluding hydrogens is 306 g/mol. The summed E-state index contributed by atoms with van der Waals surface area (Å²) < 4.78 is 8.49. The summed E-state index contributed by atoms with van der Waals surface area (Å²) in [6.45, 7) is 3.83. The lowest BCUT2D eigenvalue weighted by atomic mass is 10.3. The van der Waals surface area contributed by atoms with Crippen molar-refractivity contribution in [2.75, 3.05) is 0 Å². The van der Waals surface area contributed by atoms with Crippen molar-refractivity contribution < 1.29 is 4.52 Å². The van der Waals surface area contributed by atoms with Crippen molar-refractivity contribution in [1.29, 1.82) is 0 Å². The van der Waals surface area contributed by atoms with Crippen LogP contribution in [0.2, 0.25) is 0 Å². The van der Waals surface area contributed by atoms with Gasteiger partial charge in [-0.25, -0.2) is 0 Å². The molecule has 0 aliphatic rings. The monoisotopic (exact) mass is 317 g/mol. The van der Waals surface area contributed by atoms with Crippen molar-refractivity contribution >= 4 is 38.3 Å². The molecule has 0 aliphatic heterocycles. The molecule has 21 heavy (non-hydrogen) atoms. The van der Waals surface area contributed by atoms with Crippen LogP contribution in [0.3, 0.4) is 0 Å². The third kappa shape index (κ3) is 2.11. The topological polar surface area (TPSA) is 69.1 Å². The lowest BCUT2D eigenvalue weighted by Crippen LogP contribution is -1.92. The Kier molecular flexibility index (Phi) is 2.93. The Hall–Kier alpha value is -1.93. The van der Waals surface area contributed by atoms with Gasteiger partial charge in [0.25, 0.3) is 0 Å². The number of fused-ring (bicyclic) bond motifs is 3. The van der Waals surface area contributed by atoms with E-state index in [0.29, 0.717) is 11.7 Å². The number of hydrogen-bond donors (Lipinski definition) is 0. The van der Waals surface area contributed by atoms with Crippen molar-refractivity contribution in [3.05, 3.63) is 36.0 Å². The fourth-order valence-electron chi connectivity index (χ4n) is 2.12. The van der Waals surface area contributed by atoms with Gasteiger partial charge in [0.05, 0.1) is 15.5 Å². The molecule has 0 aliphatic carbocycles. The molecule has 6 nitrogen and oxygen atoms in total. The van der Waals surface area contributed by atoms with Gasteiger partial charge in [0.1, 0.15) is 0 Å². The summed E-state index contributed by atoms with van der Waals surface area (Å²) in [6, 6.07) is 8.22. The van der Waals surface area contributed by atoms with Crippen LogP contribution >= 0.6 is 23.1 Å². The summed E-state index contributed by atoms with van der Waals surface area (Å²) in [5, 5.41) is 13.2. The SMILES string of the molecule is Cc1noc(C(C)Sc2nnc3sc4ccccc4n23)n1.